The van der Waals surface area contributed by atoms with Crippen LogP contribution in [0, 0.1) is 5.82 Å². The van der Waals surface area contributed by atoms with Crippen LogP contribution in [-0.2, 0) is 11.8 Å². The predicted octanol–water partition coefficient (Wildman–Crippen LogP) is 2.97. The minimum Gasteiger partial charge on any atom is -0.490 e. The predicted molar refractivity (Wildman–Crippen MR) is 109 cm³/mol. The molecule has 10 heteroatoms. The second-order valence-electron chi connectivity index (χ2n) is 8.25. The van der Waals surface area contributed by atoms with Crippen LogP contribution in [-0.4, -0.2) is 53.2 Å². The highest BCUT2D eigenvalue weighted by molar-refractivity contribution is 5.79. The number of carbonyl (C=O) groups is 1. The highest BCUT2D eigenvalue weighted by Gasteiger charge is 2.27. The second-order valence-corrected chi connectivity index (χ2v) is 8.25. The van der Waals surface area contributed by atoms with Crippen LogP contribution in [0.25, 0.3) is 11.0 Å². The highest BCUT2D eigenvalue weighted by Crippen LogP contribution is 2.33. The number of carbonyl (C=O) groups excluding carboxylic acids is 1. The zero-order valence-electron chi connectivity index (χ0n) is 17.5. The van der Waals surface area contributed by atoms with Crippen LogP contribution < -0.4 is 20.5 Å². The summed E-state index contributed by atoms with van der Waals surface area (Å²) < 4.78 is 46.7. The van der Waals surface area contributed by atoms with E-state index in [9.17, 15) is 13.6 Å². The van der Waals surface area contributed by atoms with Gasteiger partial charge in [0.1, 0.15) is 24.0 Å². The molecule has 0 bridgehead atoms. The number of nitrogens with two attached hydrogens (primary N) is 1. The first kappa shape index (κ1) is 21.6. The van der Waals surface area contributed by atoms with Crippen molar-refractivity contribution in [3.05, 3.63) is 17.9 Å². The van der Waals surface area contributed by atoms with Gasteiger partial charge in [-0.3, -0.25) is 4.57 Å². The third kappa shape index (κ3) is 5.36. The number of hydrogen-bond acceptors (Lipinski definition) is 5. The standard InChI is InChI=1S/C21H28F2N4O4/c1-27-18-9-16(30-14-6-7-14)8-17(23)19(18)26-21(27)31-15-4-2-13(3-5-15)29-11-12(10-22)25-20(24)28/h8-9,12-15H,2-7,10-11H2,1H3,(H3,24,25,28)/t12-,13?,15?/m0/s1. The number of primary amides is 1. The number of nitrogens with zero attached hydrogens (tertiary/aromatic N) is 2. The van der Waals surface area contributed by atoms with Gasteiger partial charge in [-0.1, -0.05) is 0 Å². The average molecular weight is 438 g/mol. The molecule has 2 saturated carbocycles. The molecule has 0 spiro atoms. The fraction of sp³-hybridized carbons (Fsp3) is 0.619. The molecule has 1 aromatic carbocycles. The van der Waals surface area contributed by atoms with E-state index >= 15 is 0 Å². The zero-order valence-corrected chi connectivity index (χ0v) is 17.5. The van der Waals surface area contributed by atoms with Crippen molar-refractivity contribution < 1.29 is 27.8 Å². The largest absolute Gasteiger partial charge is 0.490 e. The number of alkyl halides is 1. The average Bonchev–Trinajstić information content (AvgIpc) is 3.50. The molecule has 170 valence electrons. The summed E-state index contributed by atoms with van der Waals surface area (Å²) in [4.78, 5) is 15.2. The normalized spacial score (nSPS) is 22.3. The SMILES string of the molecule is Cn1c(OC2CCC(OC[C@H](CF)NC(N)=O)CC2)nc2c(F)cc(OC3CC3)cc21. The van der Waals surface area contributed by atoms with Gasteiger partial charge in [-0.2, -0.15) is 4.98 Å². The minimum absolute atomic E-state index is 0.0383. The molecule has 0 aliphatic heterocycles. The highest BCUT2D eigenvalue weighted by atomic mass is 19.1. The summed E-state index contributed by atoms with van der Waals surface area (Å²) in [5, 5.41) is 2.32. The Balaban J connectivity index is 1.32. The smallest absolute Gasteiger partial charge is 0.312 e. The van der Waals surface area contributed by atoms with E-state index in [1.165, 1.54) is 6.07 Å². The van der Waals surface area contributed by atoms with Gasteiger partial charge in [0.05, 0.1) is 30.4 Å². The van der Waals surface area contributed by atoms with Gasteiger partial charge >= 0.3 is 6.03 Å². The van der Waals surface area contributed by atoms with Gasteiger partial charge in [0, 0.05) is 19.2 Å². The Hall–Kier alpha value is -2.62. The van der Waals surface area contributed by atoms with Gasteiger partial charge in [0.2, 0.25) is 0 Å². The molecule has 2 aromatic rings. The van der Waals surface area contributed by atoms with Crippen LogP contribution >= 0.6 is 0 Å². The molecule has 2 aliphatic carbocycles. The molecule has 2 amide bonds. The molecule has 2 aliphatic rings. The van der Waals surface area contributed by atoms with Crippen LogP contribution in [0.1, 0.15) is 38.5 Å². The van der Waals surface area contributed by atoms with E-state index in [-0.39, 0.29) is 30.4 Å². The van der Waals surface area contributed by atoms with Crippen molar-refractivity contribution >= 4 is 17.1 Å². The zero-order chi connectivity index (χ0) is 22.0. The maximum atomic E-state index is 14.5. The fourth-order valence-corrected chi connectivity index (χ4v) is 3.80. The van der Waals surface area contributed by atoms with Crippen molar-refractivity contribution in [3.63, 3.8) is 0 Å². The monoisotopic (exact) mass is 438 g/mol. The summed E-state index contributed by atoms with van der Waals surface area (Å²) in [5.74, 6) is 0.0832. The topological polar surface area (TPSA) is 101 Å². The molecule has 1 atom stereocenters. The van der Waals surface area contributed by atoms with Crippen molar-refractivity contribution in [3.8, 4) is 11.8 Å². The number of aryl methyl sites for hydroxylation is 1. The first-order valence-corrected chi connectivity index (χ1v) is 10.7. The number of amides is 2. The van der Waals surface area contributed by atoms with E-state index in [2.05, 4.69) is 10.3 Å². The Labute approximate surface area is 179 Å². The van der Waals surface area contributed by atoms with Crippen LogP contribution in [0.3, 0.4) is 0 Å². The van der Waals surface area contributed by atoms with Crippen molar-refractivity contribution in [1.29, 1.82) is 0 Å². The van der Waals surface area contributed by atoms with Crippen LogP contribution in [0.2, 0.25) is 0 Å². The number of rotatable bonds is 9. The lowest BCUT2D eigenvalue weighted by Crippen LogP contribution is -2.43. The van der Waals surface area contributed by atoms with Crippen LogP contribution in [0.4, 0.5) is 13.6 Å². The van der Waals surface area contributed by atoms with E-state index in [1.807, 2.05) is 0 Å². The van der Waals surface area contributed by atoms with E-state index < -0.39 is 24.6 Å². The van der Waals surface area contributed by atoms with Crippen molar-refractivity contribution in [2.45, 2.75) is 62.9 Å². The van der Waals surface area contributed by atoms with E-state index in [4.69, 9.17) is 19.9 Å². The van der Waals surface area contributed by atoms with Crippen molar-refractivity contribution in [2.24, 2.45) is 12.8 Å². The molecule has 0 saturated heterocycles. The number of hydrogen-bond donors (Lipinski definition) is 2. The molecule has 4 rings (SSSR count). The Bertz CT molecular complexity index is 926. The molecule has 1 heterocycles. The summed E-state index contributed by atoms with van der Waals surface area (Å²) in [5.41, 5.74) is 5.91. The first-order valence-electron chi connectivity index (χ1n) is 10.7. The number of fused-ring (bicyclic) bond motifs is 1. The fourth-order valence-electron chi connectivity index (χ4n) is 3.80. The molecular weight excluding hydrogens is 410 g/mol. The van der Waals surface area contributed by atoms with Gasteiger partial charge < -0.3 is 25.3 Å². The van der Waals surface area contributed by atoms with Gasteiger partial charge in [-0.15, -0.1) is 0 Å². The molecule has 31 heavy (non-hydrogen) atoms. The van der Waals surface area contributed by atoms with Crippen LogP contribution in [0.5, 0.6) is 11.8 Å². The Morgan fingerprint density at radius 2 is 1.84 bits per heavy atom. The lowest BCUT2D eigenvalue weighted by molar-refractivity contribution is -0.00926. The second kappa shape index (κ2) is 9.25. The number of imidazole rings is 1. The summed E-state index contributed by atoms with van der Waals surface area (Å²) in [7, 11) is 1.79. The van der Waals surface area contributed by atoms with Gasteiger partial charge in [-0.05, 0) is 38.5 Å². The lowest BCUT2D eigenvalue weighted by atomic mass is 9.95. The third-order valence-electron chi connectivity index (χ3n) is 5.66. The molecule has 3 N–H and O–H groups in total. The quantitative estimate of drug-likeness (QED) is 0.627. The van der Waals surface area contributed by atoms with E-state index in [0.29, 0.717) is 17.3 Å². The van der Waals surface area contributed by atoms with Gasteiger partial charge in [-0.25, -0.2) is 13.6 Å². The summed E-state index contributed by atoms with van der Waals surface area (Å²) in [6, 6.07) is 2.02. The Morgan fingerprint density at radius 1 is 1.19 bits per heavy atom. The summed E-state index contributed by atoms with van der Waals surface area (Å²) >= 11 is 0. The van der Waals surface area contributed by atoms with Gasteiger partial charge in [0.15, 0.2) is 5.82 Å². The molecule has 0 radical (unpaired) electrons. The van der Waals surface area contributed by atoms with Crippen LogP contribution in [0.15, 0.2) is 12.1 Å². The Morgan fingerprint density at radius 3 is 2.48 bits per heavy atom. The Kier molecular flexibility index (Phi) is 6.45. The maximum absolute atomic E-state index is 14.5. The minimum atomic E-state index is -0.770. The number of urea groups is 1. The number of benzene rings is 1. The first-order chi connectivity index (χ1) is 14.9. The van der Waals surface area contributed by atoms with E-state index in [0.717, 1.165) is 38.5 Å². The lowest BCUT2D eigenvalue weighted by Gasteiger charge is -2.29. The number of ether oxygens (including phenoxy) is 3. The third-order valence-corrected chi connectivity index (χ3v) is 5.66. The molecule has 8 nitrogen and oxygen atoms in total. The maximum Gasteiger partial charge on any atom is 0.312 e. The molecule has 1 aromatic heterocycles. The molecule has 0 unspecified atom stereocenters. The number of aromatic nitrogens is 2. The molecule has 2 fully saturated rings. The summed E-state index contributed by atoms with van der Waals surface area (Å²) in [6.07, 6.45) is 5.01. The van der Waals surface area contributed by atoms with Crippen molar-refractivity contribution in [2.75, 3.05) is 13.3 Å². The van der Waals surface area contributed by atoms with Crippen molar-refractivity contribution in [1.82, 2.24) is 14.9 Å². The number of nitrogens with one attached hydrogen (secondary N) is 1. The molecular formula is C21H28F2N4O4. The number of halogens is 2. The van der Waals surface area contributed by atoms with Gasteiger partial charge in [0.25, 0.3) is 6.01 Å². The summed E-state index contributed by atoms with van der Waals surface area (Å²) in [6.45, 7) is -0.664. The van der Waals surface area contributed by atoms with E-state index in [1.54, 1.807) is 17.7 Å².